The molecule has 0 unspecified atom stereocenters. The molecule has 0 radical (unpaired) electrons. The number of rotatable bonds is 3. The average Bonchev–Trinajstić information content (AvgIpc) is 3.45. The number of nitrogens with zero attached hydrogens (tertiary/aromatic N) is 6. The summed E-state index contributed by atoms with van der Waals surface area (Å²) in [6, 6.07) is 4.25. The van der Waals surface area contributed by atoms with Gasteiger partial charge in [0.1, 0.15) is 16.9 Å². The second-order valence-corrected chi connectivity index (χ2v) is 9.53. The number of oxazole rings is 1. The Morgan fingerprint density at radius 2 is 1.97 bits per heavy atom. The fourth-order valence-corrected chi connectivity index (χ4v) is 4.00. The molecule has 1 aliphatic rings. The quantitative estimate of drug-likeness (QED) is 0.457. The fourth-order valence-electron chi connectivity index (χ4n) is 4.00. The number of carbonyl (C=O) groups is 1. The number of piperidine rings is 1. The van der Waals surface area contributed by atoms with E-state index in [1.807, 2.05) is 31.6 Å². The number of fused-ring (bicyclic) bond motifs is 1. The molecule has 182 valence electrons. The molecule has 1 aromatic carbocycles. The van der Waals surface area contributed by atoms with Crippen LogP contribution in [-0.2, 0) is 4.74 Å². The van der Waals surface area contributed by atoms with E-state index in [9.17, 15) is 9.18 Å². The minimum atomic E-state index is -0.516. The minimum Gasteiger partial charge on any atom is -0.444 e. The van der Waals surface area contributed by atoms with Gasteiger partial charge in [-0.3, -0.25) is 4.68 Å². The summed E-state index contributed by atoms with van der Waals surface area (Å²) in [6.45, 7) is 6.77. The summed E-state index contributed by atoms with van der Waals surface area (Å²) in [6.07, 6.45) is 6.42. The maximum absolute atomic E-state index is 13.5. The number of nitrogen functional groups attached to an aromatic ring is 1. The molecular weight excluding hydrogens is 453 g/mol. The highest BCUT2D eigenvalue weighted by molar-refractivity contribution is 5.78. The molecule has 5 rings (SSSR count). The Morgan fingerprint density at radius 1 is 1.20 bits per heavy atom. The summed E-state index contributed by atoms with van der Waals surface area (Å²) in [5.74, 6) is -0.0978. The average molecular weight is 480 g/mol. The predicted octanol–water partition coefficient (Wildman–Crippen LogP) is 4.44. The number of hydrogen-bond donors (Lipinski definition) is 1. The summed E-state index contributed by atoms with van der Waals surface area (Å²) in [5.41, 5.74) is 7.91. The number of benzene rings is 1. The lowest BCUT2D eigenvalue weighted by molar-refractivity contribution is 0.0185. The smallest absolute Gasteiger partial charge is 0.410 e. The van der Waals surface area contributed by atoms with Crippen LogP contribution in [-0.4, -0.2) is 54.4 Å². The zero-order chi connectivity index (χ0) is 24.7. The normalized spacial score (nSPS) is 15.0. The van der Waals surface area contributed by atoms with Crippen molar-refractivity contribution in [3.8, 4) is 22.8 Å². The molecule has 0 bridgehead atoms. The monoisotopic (exact) mass is 479 g/mol. The Bertz CT molecular complexity index is 1380. The van der Waals surface area contributed by atoms with Gasteiger partial charge < -0.3 is 19.8 Å². The second-order valence-electron chi connectivity index (χ2n) is 9.53. The highest BCUT2D eigenvalue weighted by Crippen LogP contribution is 2.30. The van der Waals surface area contributed by atoms with Crippen LogP contribution in [0.4, 0.5) is 15.0 Å². The number of anilines is 1. The number of nitrogens with two attached hydrogens (primary N) is 1. The molecule has 35 heavy (non-hydrogen) atoms. The number of aromatic nitrogens is 5. The molecule has 1 aliphatic heterocycles. The molecule has 4 heterocycles. The van der Waals surface area contributed by atoms with E-state index in [1.54, 1.807) is 17.3 Å². The minimum absolute atomic E-state index is 0.149. The van der Waals surface area contributed by atoms with Gasteiger partial charge in [0.05, 0.1) is 24.1 Å². The zero-order valence-corrected chi connectivity index (χ0v) is 19.7. The number of hydrogen-bond acceptors (Lipinski definition) is 8. The van der Waals surface area contributed by atoms with Gasteiger partial charge >= 0.3 is 6.09 Å². The first kappa shape index (κ1) is 22.8. The molecule has 2 N–H and O–H groups in total. The number of halogens is 1. The van der Waals surface area contributed by atoms with Crippen LogP contribution >= 0.6 is 0 Å². The van der Waals surface area contributed by atoms with E-state index in [-0.39, 0.29) is 29.5 Å². The van der Waals surface area contributed by atoms with Gasteiger partial charge in [0.2, 0.25) is 5.89 Å². The van der Waals surface area contributed by atoms with Crippen molar-refractivity contribution in [3.05, 3.63) is 42.6 Å². The summed E-state index contributed by atoms with van der Waals surface area (Å²) >= 11 is 0. The van der Waals surface area contributed by atoms with Crippen LogP contribution in [0.1, 0.15) is 39.7 Å². The van der Waals surface area contributed by atoms with Gasteiger partial charge in [-0.25, -0.2) is 24.1 Å². The molecule has 1 saturated heterocycles. The lowest BCUT2D eigenvalue weighted by atomic mass is 10.1. The van der Waals surface area contributed by atoms with Gasteiger partial charge in [-0.1, -0.05) is 0 Å². The van der Waals surface area contributed by atoms with Gasteiger partial charge in [0.25, 0.3) is 0 Å². The topological polar surface area (TPSA) is 125 Å². The molecule has 3 aromatic heterocycles. The highest BCUT2D eigenvalue weighted by atomic mass is 19.1. The third-order valence-corrected chi connectivity index (χ3v) is 5.74. The lowest BCUT2D eigenvalue weighted by Crippen LogP contribution is -2.42. The Morgan fingerprint density at radius 3 is 2.71 bits per heavy atom. The van der Waals surface area contributed by atoms with Crippen molar-refractivity contribution in [3.63, 3.8) is 0 Å². The van der Waals surface area contributed by atoms with E-state index in [0.29, 0.717) is 29.9 Å². The van der Waals surface area contributed by atoms with Crippen molar-refractivity contribution >= 4 is 23.0 Å². The van der Waals surface area contributed by atoms with Gasteiger partial charge in [-0.05, 0) is 45.7 Å². The van der Waals surface area contributed by atoms with E-state index in [4.69, 9.17) is 14.9 Å². The molecule has 10 nitrogen and oxygen atoms in total. The van der Waals surface area contributed by atoms with Crippen molar-refractivity contribution in [1.82, 2.24) is 29.6 Å². The number of ether oxygens (including phenoxy) is 1. The van der Waals surface area contributed by atoms with Crippen molar-refractivity contribution in [2.24, 2.45) is 0 Å². The number of likely N-dealkylation sites (tertiary alicyclic amines) is 1. The Labute approximate surface area is 200 Å². The molecule has 0 saturated carbocycles. The Kier molecular flexibility index (Phi) is 5.62. The fraction of sp³-hybridized carbons (Fsp3) is 0.375. The van der Waals surface area contributed by atoms with Crippen LogP contribution in [0.5, 0.6) is 0 Å². The third kappa shape index (κ3) is 4.79. The first-order valence-corrected chi connectivity index (χ1v) is 11.4. The lowest BCUT2D eigenvalue weighted by Gasteiger charge is -2.33. The van der Waals surface area contributed by atoms with E-state index >= 15 is 0 Å². The van der Waals surface area contributed by atoms with E-state index < -0.39 is 11.4 Å². The molecule has 1 fully saturated rings. The third-order valence-electron chi connectivity index (χ3n) is 5.74. The van der Waals surface area contributed by atoms with E-state index in [0.717, 1.165) is 18.4 Å². The van der Waals surface area contributed by atoms with E-state index in [2.05, 4.69) is 20.1 Å². The van der Waals surface area contributed by atoms with Crippen LogP contribution in [0.3, 0.4) is 0 Å². The molecule has 4 aromatic rings. The second kappa shape index (κ2) is 8.64. The molecule has 0 atom stereocenters. The Hall–Kier alpha value is -4.02. The van der Waals surface area contributed by atoms with Crippen molar-refractivity contribution in [2.75, 3.05) is 18.8 Å². The van der Waals surface area contributed by atoms with Crippen molar-refractivity contribution in [1.29, 1.82) is 0 Å². The summed E-state index contributed by atoms with van der Waals surface area (Å²) in [5, 5.41) is 4.52. The summed E-state index contributed by atoms with van der Waals surface area (Å²) in [4.78, 5) is 27.3. The predicted molar refractivity (Wildman–Crippen MR) is 127 cm³/mol. The van der Waals surface area contributed by atoms with E-state index in [1.165, 1.54) is 18.2 Å². The number of amides is 1. The number of carbonyl (C=O) groups excluding carboxylic acids is 1. The van der Waals surface area contributed by atoms with Gasteiger partial charge in [0, 0.05) is 30.9 Å². The van der Waals surface area contributed by atoms with Crippen LogP contribution < -0.4 is 5.73 Å². The van der Waals surface area contributed by atoms with Crippen LogP contribution in [0.15, 0.2) is 41.2 Å². The standard InChI is InChI=1S/C24H26FN7O3/c1-24(2,3)35-23(33)31-8-6-16(7-9-31)32-13-14(11-28-32)18-12-27-21(26)20(29-18)22-30-17-5-4-15(25)10-19(17)34-22/h4-5,10-13,16H,6-9H2,1-3H3,(H2,26,27). The Balaban J connectivity index is 1.32. The maximum Gasteiger partial charge on any atom is 0.410 e. The van der Waals surface area contributed by atoms with Crippen LogP contribution in [0.2, 0.25) is 0 Å². The zero-order valence-electron chi connectivity index (χ0n) is 19.7. The summed E-state index contributed by atoms with van der Waals surface area (Å²) < 4.78 is 26.6. The van der Waals surface area contributed by atoms with Gasteiger partial charge in [-0.15, -0.1) is 0 Å². The largest absolute Gasteiger partial charge is 0.444 e. The maximum atomic E-state index is 13.5. The van der Waals surface area contributed by atoms with Gasteiger partial charge in [0.15, 0.2) is 17.1 Å². The van der Waals surface area contributed by atoms with Crippen LogP contribution in [0.25, 0.3) is 33.9 Å². The first-order chi connectivity index (χ1) is 16.7. The SMILES string of the molecule is CC(C)(C)OC(=O)N1CCC(n2cc(-c3cnc(N)c(-c4nc5ccc(F)cc5o4)n3)cn2)CC1. The molecule has 11 heteroatoms. The van der Waals surface area contributed by atoms with Crippen molar-refractivity contribution < 1.29 is 18.3 Å². The van der Waals surface area contributed by atoms with Crippen molar-refractivity contribution in [2.45, 2.75) is 45.3 Å². The summed E-state index contributed by atoms with van der Waals surface area (Å²) in [7, 11) is 0. The molecule has 0 spiro atoms. The van der Waals surface area contributed by atoms with Gasteiger partial charge in [-0.2, -0.15) is 5.10 Å². The first-order valence-electron chi connectivity index (χ1n) is 11.4. The molecule has 0 aliphatic carbocycles. The molecular formula is C24H26FN7O3. The molecule has 1 amide bonds. The van der Waals surface area contributed by atoms with Crippen LogP contribution in [0, 0.1) is 5.82 Å². The highest BCUT2D eigenvalue weighted by Gasteiger charge is 2.28.